The summed E-state index contributed by atoms with van der Waals surface area (Å²) in [6.45, 7) is 6.80. The minimum Gasteiger partial charge on any atom is -0.330 e. The van der Waals surface area contributed by atoms with Crippen molar-refractivity contribution < 1.29 is 0 Å². The van der Waals surface area contributed by atoms with Crippen LogP contribution in [0.1, 0.15) is 35.6 Å². The summed E-state index contributed by atoms with van der Waals surface area (Å²) >= 11 is 7.60. The molecule has 1 heterocycles. The Labute approximate surface area is 135 Å². The van der Waals surface area contributed by atoms with Crippen LogP contribution in [0.3, 0.4) is 0 Å². The van der Waals surface area contributed by atoms with Crippen molar-refractivity contribution in [1.82, 2.24) is 9.97 Å². The second kappa shape index (κ2) is 7.25. The molecular weight excluding hydrogens is 302 g/mol. The molecule has 0 aliphatic heterocycles. The standard InChI is InChI=1S/C16H20ClN3S/c1-10(8-18)16-11(2)19-15(20-12(16)3)9-21-14-6-4-13(17)5-7-14/h4-7,10H,8-9,18H2,1-3H3. The van der Waals surface area contributed by atoms with Crippen LogP contribution in [-0.2, 0) is 5.75 Å². The molecule has 0 saturated carbocycles. The maximum absolute atomic E-state index is 5.89. The van der Waals surface area contributed by atoms with E-state index in [1.165, 1.54) is 5.56 Å². The van der Waals surface area contributed by atoms with Gasteiger partial charge in [0.25, 0.3) is 0 Å². The molecule has 5 heteroatoms. The van der Waals surface area contributed by atoms with E-state index in [9.17, 15) is 0 Å². The van der Waals surface area contributed by atoms with Crippen LogP contribution in [0.5, 0.6) is 0 Å². The second-order valence-electron chi connectivity index (χ2n) is 5.10. The molecule has 1 aromatic heterocycles. The van der Waals surface area contributed by atoms with Gasteiger partial charge in [-0.1, -0.05) is 18.5 Å². The molecule has 1 aromatic carbocycles. The number of thioether (sulfide) groups is 1. The molecule has 2 N–H and O–H groups in total. The Bertz CT molecular complexity index is 590. The van der Waals surface area contributed by atoms with Gasteiger partial charge in [0.2, 0.25) is 0 Å². The van der Waals surface area contributed by atoms with Crippen molar-refractivity contribution >= 4 is 23.4 Å². The first-order chi connectivity index (χ1) is 10.0. The van der Waals surface area contributed by atoms with Crippen molar-refractivity contribution in [3.63, 3.8) is 0 Å². The minimum atomic E-state index is 0.294. The van der Waals surface area contributed by atoms with Crippen LogP contribution in [0.2, 0.25) is 5.02 Å². The number of aryl methyl sites for hydroxylation is 2. The van der Waals surface area contributed by atoms with Crippen molar-refractivity contribution in [2.45, 2.75) is 37.3 Å². The minimum absolute atomic E-state index is 0.294. The molecule has 2 rings (SSSR count). The van der Waals surface area contributed by atoms with Gasteiger partial charge in [-0.25, -0.2) is 9.97 Å². The van der Waals surface area contributed by atoms with Crippen molar-refractivity contribution in [3.05, 3.63) is 52.1 Å². The van der Waals surface area contributed by atoms with E-state index < -0.39 is 0 Å². The third kappa shape index (κ3) is 4.19. The molecule has 0 saturated heterocycles. The lowest BCUT2D eigenvalue weighted by atomic mass is 9.98. The number of nitrogens with two attached hydrogens (primary N) is 1. The second-order valence-corrected chi connectivity index (χ2v) is 6.59. The number of hydrogen-bond acceptors (Lipinski definition) is 4. The molecule has 112 valence electrons. The molecule has 1 atom stereocenters. The molecule has 0 fully saturated rings. The zero-order chi connectivity index (χ0) is 15.4. The molecule has 2 aromatic rings. The SMILES string of the molecule is Cc1nc(CSc2ccc(Cl)cc2)nc(C)c1C(C)CN. The summed E-state index contributed by atoms with van der Waals surface area (Å²) in [5.74, 6) is 1.90. The highest BCUT2D eigenvalue weighted by atomic mass is 35.5. The normalized spacial score (nSPS) is 12.4. The Kier molecular flexibility index (Phi) is 5.62. The van der Waals surface area contributed by atoms with E-state index in [1.807, 2.05) is 38.1 Å². The quantitative estimate of drug-likeness (QED) is 0.842. The molecular formula is C16H20ClN3S. The van der Waals surface area contributed by atoms with Crippen LogP contribution in [0.4, 0.5) is 0 Å². The van der Waals surface area contributed by atoms with Gasteiger partial charge < -0.3 is 5.73 Å². The largest absolute Gasteiger partial charge is 0.330 e. The number of aromatic nitrogens is 2. The molecule has 0 bridgehead atoms. The van der Waals surface area contributed by atoms with Gasteiger partial charge in [0.05, 0.1) is 5.75 Å². The van der Waals surface area contributed by atoms with Crippen LogP contribution in [0.15, 0.2) is 29.2 Å². The first-order valence-corrected chi connectivity index (χ1v) is 8.30. The molecule has 21 heavy (non-hydrogen) atoms. The predicted octanol–water partition coefficient (Wildman–Crippen LogP) is 4.10. The fraction of sp³-hybridized carbons (Fsp3) is 0.375. The smallest absolute Gasteiger partial charge is 0.139 e. The maximum Gasteiger partial charge on any atom is 0.139 e. The Morgan fingerprint density at radius 3 is 2.24 bits per heavy atom. The highest BCUT2D eigenvalue weighted by Crippen LogP contribution is 2.25. The van der Waals surface area contributed by atoms with Crippen LogP contribution in [-0.4, -0.2) is 16.5 Å². The van der Waals surface area contributed by atoms with Gasteiger partial charge in [0, 0.05) is 21.3 Å². The monoisotopic (exact) mass is 321 g/mol. The predicted molar refractivity (Wildman–Crippen MR) is 90.0 cm³/mol. The van der Waals surface area contributed by atoms with Gasteiger partial charge in [0.1, 0.15) is 5.82 Å². The Hall–Kier alpha value is -1.10. The average Bonchev–Trinajstić information content (AvgIpc) is 2.45. The molecule has 3 nitrogen and oxygen atoms in total. The first kappa shape index (κ1) is 16.3. The molecule has 0 aliphatic carbocycles. The van der Waals surface area contributed by atoms with Crippen LogP contribution in [0, 0.1) is 13.8 Å². The summed E-state index contributed by atoms with van der Waals surface area (Å²) < 4.78 is 0. The van der Waals surface area contributed by atoms with E-state index in [2.05, 4.69) is 16.9 Å². The van der Waals surface area contributed by atoms with Gasteiger partial charge in [-0.15, -0.1) is 11.8 Å². The number of halogens is 1. The molecule has 0 aliphatic rings. The van der Waals surface area contributed by atoms with Crippen molar-refractivity contribution in [3.8, 4) is 0 Å². The maximum atomic E-state index is 5.89. The van der Waals surface area contributed by atoms with E-state index in [-0.39, 0.29) is 0 Å². The van der Waals surface area contributed by atoms with E-state index in [1.54, 1.807) is 11.8 Å². The van der Waals surface area contributed by atoms with E-state index in [4.69, 9.17) is 17.3 Å². The number of hydrogen-bond donors (Lipinski definition) is 1. The van der Waals surface area contributed by atoms with Crippen LogP contribution < -0.4 is 5.73 Å². The molecule has 0 radical (unpaired) electrons. The number of nitrogens with zero attached hydrogens (tertiary/aromatic N) is 2. The third-order valence-electron chi connectivity index (χ3n) is 3.40. The van der Waals surface area contributed by atoms with Crippen LogP contribution >= 0.6 is 23.4 Å². The summed E-state index contributed by atoms with van der Waals surface area (Å²) in [5, 5.41) is 0.752. The highest BCUT2D eigenvalue weighted by Gasteiger charge is 2.14. The van der Waals surface area contributed by atoms with Crippen molar-refractivity contribution in [2.75, 3.05) is 6.54 Å². The van der Waals surface area contributed by atoms with Crippen molar-refractivity contribution in [1.29, 1.82) is 0 Å². The summed E-state index contributed by atoms with van der Waals surface area (Å²) in [5.41, 5.74) is 9.00. The van der Waals surface area contributed by atoms with Crippen LogP contribution in [0.25, 0.3) is 0 Å². The summed E-state index contributed by atoms with van der Waals surface area (Å²) in [7, 11) is 0. The fourth-order valence-electron chi connectivity index (χ4n) is 2.37. The van der Waals surface area contributed by atoms with E-state index in [0.29, 0.717) is 12.5 Å². The Balaban J connectivity index is 2.13. The highest BCUT2D eigenvalue weighted by molar-refractivity contribution is 7.98. The van der Waals surface area contributed by atoms with Gasteiger partial charge >= 0.3 is 0 Å². The summed E-state index contributed by atoms with van der Waals surface area (Å²) in [6.07, 6.45) is 0. The lowest BCUT2D eigenvalue weighted by Gasteiger charge is -2.15. The van der Waals surface area contributed by atoms with Gasteiger partial charge in [-0.3, -0.25) is 0 Å². The topological polar surface area (TPSA) is 51.8 Å². The summed E-state index contributed by atoms with van der Waals surface area (Å²) in [6, 6.07) is 7.82. The number of benzene rings is 1. The van der Waals surface area contributed by atoms with Crippen molar-refractivity contribution in [2.24, 2.45) is 5.73 Å². The van der Waals surface area contributed by atoms with Gasteiger partial charge in [0.15, 0.2) is 0 Å². The first-order valence-electron chi connectivity index (χ1n) is 6.93. The van der Waals surface area contributed by atoms with Gasteiger partial charge in [-0.05, 0) is 56.1 Å². The van der Waals surface area contributed by atoms with E-state index in [0.717, 1.165) is 32.9 Å². The number of rotatable bonds is 5. The average molecular weight is 322 g/mol. The molecule has 1 unspecified atom stereocenters. The van der Waals surface area contributed by atoms with E-state index >= 15 is 0 Å². The lowest BCUT2D eigenvalue weighted by molar-refractivity contribution is 0.736. The fourth-order valence-corrected chi connectivity index (χ4v) is 3.25. The Morgan fingerprint density at radius 1 is 1.14 bits per heavy atom. The zero-order valence-electron chi connectivity index (χ0n) is 12.6. The third-order valence-corrected chi connectivity index (χ3v) is 4.66. The zero-order valence-corrected chi connectivity index (χ0v) is 14.1. The Morgan fingerprint density at radius 2 is 1.71 bits per heavy atom. The molecule has 0 amide bonds. The van der Waals surface area contributed by atoms with Gasteiger partial charge in [-0.2, -0.15) is 0 Å². The molecule has 0 spiro atoms. The summed E-state index contributed by atoms with van der Waals surface area (Å²) in [4.78, 5) is 10.4. The lowest BCUT2D eigenvalue weighted by Crippen LogP contribution is -2.14.